The van der Waals surface area contributed by atoms with Crippen LogP contribution in [0.5, 0.6) is 5.75 Å². The Labute approximate surface area is 167 Å². The van der Waals surface area contributed by atoms with Crippen molar-refractivity contribution in [3.05, 3.63) is 83.7 Å². The fourth-order valence-electron chi connectivity index (χ4n) is 2.97. The maximum Gasteiger partial charge on any atom is 0.250 e. The van der Waals surface area contributed by atoms with E-state index in [0.717, 1.165) is 28.0 Å². The number of hydrogen-bond acceptors (Lipinski definition) is 4. The summed E-state index contributed by atoms with van der Waals surface area (Å²) in [7, 11) is 1.62. The van der Waals surface area contributed by atoms with Gasteiger partial charge in [-0.15, -0.1) is 11.3 Å². The largest absolute Gasteiger partial charge is 0.497 e. The van der Waals surface area contributed by atoms with Gasteiger partial charge < -0.3 is 4.74 Å². The van der Waals surface area contributed by atoms with Gasteiger partial charge in [0.2, 0.25) is 5.91 Å². The second-order valence-corrected chi connectivity index (χ2v) is 7.02. The first-order chi connectivity index (χ1) is 13.7. The van der Waals surface area contributed by atoms with Gasteiger partial charge in [0.25, 0.3) is 0 Å². The summed E-state index contributed by atoms with van der Waals surface area (Å²) in [6, 6.07) is 21.9. The number of carbonyl (C=O) groups excluding carboxylic acids is 1. The van der Waals surface area contributed by atoms with E-state index in [-0.39, 0.29) is 5.91 Å². The molecular formula is C23H18N2O2S. The van der Waals surface area contributed by atoms with Gasteiger partial charge in [0.05, 0.1) is 12.8 Å². The first-order valence-corrected chi connectivity index (χ1v) is 9.68. The third-order valence-electron chi connectivity index (χ3n) is 4.32. The average molecular weight is 386 g/mol. The van der Waals surface area contributed by atoms with Crippen LogP contribution in [0.15, 0.2) is 78.2 Å². The molecule has 0 fully saturated rings. The third kappa shape index (κ3) is 3.94. The predicted molar refractivity (Wildman–Crippen MR) is 116 cm³/mol. The number of aromatic nitrogens is 1. The molecule has 4 rings (SSSR count). The summed E-state index contributed by atoms with van der Waals surface area (Å²) < 4.78 is 5.19. The smallest absolute Gasteiger partial charge is 0.250 e. The number of fused-ring (bicyclic) bond motifs is 1. The van der Waals surface area contributed by atoms with Gasteiger partial charge >= 0.3 is 0 Å². The molecule has 0 bridgehead atoms. The van der Waals surface area contributed by atoms with Crippen molar-refractivity contribution in [3.63, 3.8) is 0 Å². The van der Waals surface area contributed by atoms with Crippen LogP contribution in [-0.2, 0) is 4.79 Å². The Kier molecular flexibility index (Phi) is 5.17. The van der Waals surface area contributed by atoms with E-state index in [0.29, 0.717) is 5.13 Å². The van der Waals surface area contributed by atoms with Gasteiger partial charge in [-0.2, -0.15) is 0 Å². The van der Waals surface area contributed by atoms with E-state index in [1.807, 2.05) is 53.9 Å². The summed E-state index contributed by atoms with van der Waals surface area (Å²) in [5.74, 6) is 0.531. The van der Waals surface area contributed by atoms with Gasteiger partial charge in [-0.25, -0.2) is 4.98 Å². The molecule has 0 saturated carbocycles. The lowest BCUT2D eigenvalue weighted by molar-refractivity contribution is -0.111. The van der Waals surface area contributed by atoms with Gasteiger partial charge in [-0.05, 0) is 34.5 Å². The van der Waals surface area contributed by atoms with Gasteiger partial charge in [-0.1, -0.05) is 54.6 Å². The predicted octanol–water partition coefficient (Wildman–Crippen LogP) is 5.62. The molecule has 1 heterocycles. The number of methoxy groups -OCH3 is 1. The zero-order valence-corrected chi connectivity index (χ0v) is 16.1. The Morgan fingerprint density at radius 2 is 1.89 bits per heavy atom. The molecule has 1 aromatic heterocycles. The lowest BCUT2D eigenvalue weighted by Crippen LogP contribution is -2.07. The minimum absolute atomic E-state index is 0.221. The lowest BCUT2D eigenvalue weighted by Gasteiger charge is -2.03. The highest BCUT2D eigenvalue weighted by atomic mass is 32.1. The molecule has 138 valence electrons. The molecule has 0 unspecified atom stereocenters. The number of amides is 1. The van der Waals surface area contributed by atoms with Crippen LogP contribution in [0.2, 0.25) is 0 Å². The summed E-state index contributed by atoms with van der Waals surface area (Å²) in [5.41, 5.74) is 2.81. The van der Waals surface area contributed by atoms with E-state index in [4.69, 9.17) is 4.74 Å². The summed E-state index contributed by atoms with van der Waals surface area (Å²) in [6.45, 7) is 0. The van der Waals surface area contributed by atoms with Crippen molar-refractivity contribution in [2.75, 3.05) is 12.4 Å². The van der Waals surface area contributed by atoms with Crippen molar-refractivity contribution in [2.45, 2.75) is 0 Å². The summed E-state index contributed by atoms with van der Waals surface area (Å²) >= 11 is 1.41. The summed E-state index contributed by atoms with van der Waals surface area (Å²) in [4.78, 5) is 16.8. The Bertz CT molecular complexity index is 1160. The Morgan fingerprint density at radius 1 is 1.07 bits per heavy atom. The monoisotopic (exact) mass is 386 g/mol. The molecule has 28 heavy (non-hydrogen) atoms. The van der Waals surface area contributed by atoms with Crippen LogP contribution in [0, 0.1) is 0 Å². The number of nitrogens with one attached hydrogen (secondary N) is 1. The number of nitrogens with zero attached hydrogens (tertiary/aromatic N) is 1. The Balaban J connectivity index is 1.50. The molecule has 0 radical (unpaired) electrons. The SMILES string of the molecule is COc1cccc(/C=C/C(=O)Nc2nc(-c3cccc4ccccc34)cs2)c1. The number of benzene rings is 3. The van der Waals surface area contributed by atoms with Crippen molar-refractivity contribution < 1.29 is 9.53 Å². The van der Waals surface area contributed by atoms with Crippen molar-refractivity contribution in [2.24, 2.45) is 0 Å². The molecule has 0 saturated heterocycles. The van der Waals surface area contributed by atoms with Gasteiger partial charge in [0, 0.05) is 17.0 Å². The van der Waals surface area contributed by atoms with Crippen molar-refractivity contribution >= 4 is 39.2 Å². The highest BCUT2D eigenvalue weighted by Gasteiger charge is 2.09. The Hall–Kier alpha value is -3.44. The quantitative estimate of drug-likeness (QED) is 0.453. The second kappa shape index (κ2) is 8.06. The van der Waals surface area contributed by atoms with Crippen LogP contribution in [0.25, 0.3) is 28.1 Å². The molecule has 0 aliphatic heterocycles. The number of rotatable bonds is 5. The van der Waals surface area contributed by atoms with Crippen LogP contribution < -0.4 is 10.1 Å². The van der Waals surface area contributed by atoms with Gasteiger partial charge in [0.15, 0.2) is 5.13 Å². The Morgan fingerprint density at radius 3 is 2.79 bits per heavy atom. The van der Waals surface area contributed by atoms with Crippen molar-refractivity contribution in [1.29, 1.82) is 0 Å². The second-order valence-electron chi connectivity index (χ2n) is 6.16. The first kappa shape index (κ1) is 17.9. The molecule has 4 aromatic rings. The molecule has 5 heteroatoms. The first-order valence-electron chi connectivity index (χ1n) is 8.80. The highest BCUT2D eigenvalue weighted by molar-refractivity contribution is 7.14. The van der Waals surface area contributed by atoms with Crippen LogP contribution in [-0.4, -0.2) is 18.0 Å². The fraction of sp³-hybridized carbons (Fsp3) is 0.0435. The molecule has 0 spiro atoms. The maximum absolute atomic E-state index is 12.2. The minimum Gasteiger partial charge on any atom is -0.497 e. The summed E-state index contributed by atoms with van der Waals surface area (Å²) in [5, 5.41) is 7.67. The lowest BCUT2D eigenvalue weighted by atomic mass is 10.0. The number of hydrogen-bond donors (Lipinski definition) is 1. The molecule has 0 aliphatic rings. The van der Waals surface area contributed by atoms with Crippen LogP contribution in [0.4, 0.5) is 5.13 Å². The summed E-state index contributed by atoms with van der Waals surface area (Å²) in [6.07, 6.45) is 3.24. The van der Waals surface area contributed by atoms with E-state index in [2.05, 4.69) is 28.5 Å². The molecule has 1 N–H and O–H groups in total. The fourth-order valence-corrected chi connectivity index (χ4v) is 3.68. The topological polar surface area (TPSA) is 51.2 Å². The van der Waals surface area contributed by atoms with Gasteiger partial charge in [-0.3, -0.25) is 10.1 Å². The van der Waals surface area contributed by atoms with Crippen LogP contribution in [0.3, 0.4) is 0 Å². The molecular weight excluding hydrogens is 368 g/mol. The maximum atomic E-state index is 12.2. The molecule has 0 aliphatic carbocycles. The van der Waals surface area contributed by atoms with Crippen molar-refractivity contribution in [1.82, 2.24) is 4.98 Å². The average Bonchev–Trinajstić information content (AvgIpc) is 3.20. The number of thiazole rings is 1. The van der Waals surface area contributed by atoms with E-state index in [1.54, 1.807) is 13.2 Å². The number of ether oxygens (including phenoxy) is 1. The third-order valence-corrected chi connectivity index (χ3v) is 5.08. The van der Waals surface area contributed by atoms with E-state index in [9.17, 15) is 4.79 Å². The molecule has 1 amide bonds. The zero-order valence-electron chi connectivity index (χ0n) is 15.3. The van der Waals surface area contributed by atoms with E-state index >= 15 is 0 Å². The normalized spacial score (nSPS) is 11.0. The van der Waals surface area contributed by atoms with Crippen LogP contribution in [0.1, 0.15) is 5.56 Å². The van der Waals surface area contributed by atoms with Gasteiger partial charge in [0.1, 0.15) is 5.75 Å². The van der Waals surface area contributed by atoms with Crippen LogP contribution >= 0.6 is 11.3 Å². The molecule has 4 nitrogen and oxygen atoms in total. The number of carbonyl (C=O) groups is 1. The van der Waals surface area contributed by atoms with E-state index in [1.165, 1.54) is 22.8 Å². The standard InChI is InChI=1S/C23H18N2O2S/c1-27-18-9-4-6-16(14-18)12-13-22(26)25-23-24-21(15-28-23)20-11-5-8-17-7-2-3-10-19(17)20/h2-15H,1H3,(H,24,25,26)/b13-12+. The molecule has 0 atom stereocenters. The highest BCUT2D eigenvalue weighted by Crippen LogP contribution is 2.30. The molecule has 3 aromatic carbocycles. The van der Waals surface area contributed by atoms with E-state index < -0.39 is 0 Å². The number of anilines is 1. The van der Waals surface area contributed by atoms with Crippen molar-refractivity contribution in [3.8, 4) is 17.0 Å². The minimum atomic E-state index is -0.221. The zero-order chi connectivity index (χ0) is 19.3.